The summed E-state index contributed by atoms with van der Waals surface area (Å²) < 4.78 is 12.4. The van der Waals surface area contributed by atoms with Gasteiger partial charge in [0.15, 0.2) is 11.4 Å². The Morgan fingerprint density at radius 1 is 0.966 bits per heavy atom. The summed E-state index contributed by atoms with van der Waals surface area (Å²) in [7, 11) is 0. The van der Waals surface area contributed by atoms with Crippen molar-refractivity contribution in [2.75, 3.05) is 18.0 Å². The molecule has 0 N–H and O–H groups in total. The van der Waals surface area contributed by atoms with Crippen LogP contribution in [-0.2, 0) is 4.74 Å². The fourth-order valence-electron chi connectivity index (χ4n) is 3.97. The lowest BCUT2D eigenvalue weighted by atomic mass is 9.94. The van der Waals surface area contributed by atoms with Gasteiger partial charge >= 0.3 is 0 Å². The first-order valence-corrected chi connectivity index (χ1v) is 10.5. The van der Waals surface area contributed by atoms with Crippen LogP contribution in [0.2, 0.25) is 5.02 Å². The maximum atomic E-state index is 9.15. The number of hydrogen-bond donors (Lipinski definition) is 0. The van der Waals surface area contributed by atoms with Gasteiger partial charge in [-0.1, -0.05) is 11.6 Å². The molecule has 2 aromatic heterocycles. The van der Waals surface area contributed by atoms with E-state index in [0.717, 1.165) is 57.6 Å². The molecule has 7 nitrogen and oxygen atoms in total. The molecule has 1 saturated carbocycles. The van der Waals surface area contributed by atoms with Gasteiger partial charge in [-0.15, -0.1) is 0 Å². The normalized spacial score (nSPS) is 22.8. The largest absolute Gasteiger partial charge is 0.487 e. The van der Waals surface area contributed by atoms with E-state index in [4.69, 9.17) is 26.3 Å². The lowest BCUT2D eigenvalue weighted by Gasteiger charge is -2.36. The first-order valence-electron chi connectivity index (χ1n) is 10.1. The van der Waals surface area contributed by atoms with E-state index in [1.165, 1.54) is 0 Å². The molecule has 0 aromatic carbocycles. The lowest BCUT2D eigenvalue weighted by molar-refractivity contribution is -0.0528. The van der Waals surface area contributed by atoms with Crippen LogP contribution in [0.15, 0.2) is 30.7 Å². The molecule has 29 heavy (non-hydrogen) atoms. The molecule has 0 amide bonds. The second-order valence-electron chi connectivity index (χ2n) is 7.50. The molecule has 2 aromatic rings. The Balaban J connectivity index is 1.20. The highest BCUT2D eigenvalue weighted by atomic mass is 35.5. The Kier molecular flexibility index (Phi) is 6.43. The minimum atomic E-state index is 0.120. The Labute approximate surface area is 175 Å². The summed E-state index contributed by atoms with van der Waals surface area (Å²) in [5.41, 5.74) is 0.349. The van der Waals surface area contributed by atoms with E-state index in [-0.39, 0.29) is 18.3 Å². The van der Waals surface area contributed by atoms with Crippen LogP contribution < -0.4 is 9.64 Å². The van der Waals surface area contributed by atoms with Gasteiger partial charge in [0, 0.05) is 19.3 Å². The van der Waals surface area contributed by atoms with Crippen molar-refractivity contribution in [2.45, 2.75) is 56.8 Å². The van der Waals surface area contributed by atoms with Crippen molar-refractivity contribution < 1.29 is 9.47 Å². The van der Waals surface area contributed by atoms with Crippen LogP contribution in [0.1, 0.15) is 44.2 Å². The quantitative estimate of drug-likeness (QED) is 0.737. The summed E-state index contributed by atoms with van der Waals surface area (Å²) in [4.78, 5) is 14.8. The molecule has 1 aliphatic carbocycles. The number of nitriles is 1. The van der Waals surface area contributed by atoms with E-state index in [0.29, 0.717) is 16.5 Å². The smallest absolute Gasteiger partial charge is 0.225 e. The van der Waals surface area contributed by atoms with Crippen LogP contribution in [0, 0.1) is 11.3 Å². The molecule has 3 heterocycles. The third-order valence-corrected chi connectivity index (χ3v) is 5.70. The molecule has 0 unspecified atom stereocenters. The summed E-state index contributed by atoms with van der Waals surface area (Å²) >= 11 is 5.86. The van der Waals surface area contributed by atoms with E-state index >= 15 is 0 Å². The highest BCUT2D eigenvalue weighted by molar-refractivity contribution is 6.30. The minimum Gasteiger partial charge on any atom is -0.487 e. The zero-order valence-corrected chi connectivity index (χ0v) is 17.0. The zero-order valence-electron chi connectivity index (χ0n) is 16.2. The predicted molar refractivity (Wildman–Crippen MR) is 109 cm³/mol. The maximum absolute atomic E-state index is 9.15. The Morgan fingerprint density at radius 2 is 1.62 bits per heavy atom. The van der Waals surface area contributed by atoms with E-state index in [2.05, 4.69) is 25.9 Å². The molecule has 0 radical (unpaired) electrons. The molecule has 1 saturated heterocycles. The van der Waals surface area contributed by atoms with Crippen LogP contribution in [0.4, 0.5) is 5.95 Å². The van der Waals surface area contributed by atoms with Crippen LogP contribution in [0.25, 0.3) is 0 Å². The van der Waals surface area contributed by atoms with Gasteiger partial charge in [0.2, 0.25) is 5.95 Å². The highest BCUT2D eigenvalue weighted by Crippen LogP contribution is 2.29. The molecular formula is C21H24ClN5O2. The SMILES string of the molecule is N#Cc1ncccc1OC1CCC(OC2CCN(c3ncc(Cl)cn3)CC2)CC1. The van der Waals surface area contributed by atoms with Crippen molar-refractivity contribution >= 4 is 17.5 Å². The van der Waals surface area contributed by atoms with Gasteiger partial charge in [-0.2, -0.15) is 5.26 Å². The average molecular weight is 414 g/mol. The molecule has 0 bridgehead atoms. The van der Waals surface area contributed by atoms with Gasteiger partial charge in [0.25, 0.3) is 0 Å². The number of pyridine rings is 1. The summed E-state index contributed by atoms with van der Waals surface area (Å²) in [6, 6.07) is 5.70. The Bertz CT molecular complexity index is 841. The Morgan fingerprint density at radius 3 is 2.31 bits per heavy atom. The van der Waals surface area contributed by atoms with Gasteiger partial charge in [0.05, 0.1) is 35.7 Å². The number of rotatable bonds is 5. The highest BCUT2D eigenvalue weighted by Gasteiger charge is 2.28. The van der Waals surface area contributed by atoms with Crippen molar-refractivity contribution in [1.82, 2.24) is 15.0 Å². The van der Waals surface area contributed by atoms with Crippen molar-refractivity contribution in [1.29, 1.82) is 5.26 Å². The molecule has 152 valence electrons. The number of nitrogens with zero attached hydrogens (tertiary/aromatic N) is 5. The predicted octanol–water partition coefficient (Wildman–Crippen LogP) is 3.77. The fourth-order valence-corrected chi connectivity index (χ4v) is 4.07. The summed E-state index contributed by atoms with van der Waals surface area (Å²) in [6.45, 7) is 1.78. The minimum absolute atomic E-state index is 0.120. The number of aromatic nitrogens is 3. The second kappa shape index (κ2) is 9.38. The molecule has 2 aliphatic rings. The van der Waals surface area contributed by atoms with E-state index in [1.54, 1.807) is 24.7 Å². The maximum Gasteiger partial charge on any atom is 0.225 e. The van der Waals surface area contributed by atoms with E-state index < -0.39 is 0 Å². The summed E-state index contributed by atoms with van der Waals surface area (Å²) in [5, 5.41) is 9.70. The standard InChI is InChI=1S/C21H24ClN5O2/c22-15-13-25-21(26-14-15)27-10-7-18(8-11-27)28-16-3-5-17(6-4-16)29-20-2-1-9-24-19(20)12-23/h1-2,9,13-14,16-18H,3-8,10-11H2. The van der Waals surface area contributed by atoms with Crippen molar-refractivity contribution in [3.8, 4) is 11.8 Å². The molecule has 0 spiro atoms. The molecule has 1 aliphatic heterocycles. The van der Waals surface area contributed by atoms with Crippen molar-refractivity contribution in [3.05, 3.63) is 41.4 Å². The monoisotopic (exact) mass is 413 g/mol. The van der Waals surface area contributed by atoms with Crippen molar-refractivity contribution in [2.24, 2.45) is 0 Å². The number of anilines is 1. The Hall–Kier alpha value is -2.43. The summed E-state index contributed by atoms with van der Waals surface area (Å²) in [5.74, 6) is 1.31. The third kappa shape index (κ3) is 5.14. The lowest BCUT2D eigenvalue weighted by Crippen LogP contribution is -2.40. The molecule has 2 fully saturated rings. The summed E-state index contributed by atoms with van der Waals surface area (Å²) in [6.07, 6.45) is 11.3. The van der Waals surface area contributed by atoms with Gasteiger partial charge in [-0.25, -0.2) is 15.0 Å². The number of halogens is 1. The first kappa shape index (κ1) is 19.9. The number of hydrogen-bond acceptors (Lipinski definition) is 7. The zero-order chi connectivity index (χ0) is 20.1. The molecule has 8 heteroatoms. The van der Waals surface area contributed by atoms with Gasteiger partial charge in [-0.05, 0) is 50.7 Å². The van der Waals surface area contributed by atoms with Crippen LogP contribution in [0.3, 0.4) is 0 Å². The van der Waals surface area contributed by atoms with E-state index in [1.807, 2.05) is 6.07 Å². The van der Waals surface area contributed by atoms with Crippen molar-refractivity contribution in [3.63, 3.8) is 0 Å². The molecule has 4 rings (SSSR count). The number of ether oxygens (including phenoxy) is 2. The van der Waals surface area contributed by atoms with Gasteiger partial charge in [0.1, 0.15) is 6.07 Å². The van der Waals surface area contributed by atoms with Gasteiger partial charge in [-0.3, -0.25) is 0 Å². The van der Waals surface area contributed by atoms with Gasteiger partial charge < -0.3 is 14.4 Å². The first-order chi connectivity index (χ1) is 14.2. The topological polar surface area (TPSA) is 84.2 Å². The van der Waals surface area contributed by atoms with Crippen LogP contribution in [0.5, 0.6) is 5.75 Å². The molecular weight excluding hydrogens is 390 g/mol. The van der Waals surface area contributed by atoms with Crippen LogP contribution >= 0.6 is 11.6 Å². The van der Waals surface area contributed by atoms with Crippen LogP contribution in [-0.4, -0.2) is 46.4 Å². The van der Waals surface area contributed by atoms with E-state index in [9.17, 15) is 0 Å². The fraction of sp³-hybridized carbons (Fsp3) is 0.524. The molecule has 0 atom stereocenters. The third-order valence-electron chi connectivity index (χ3n) is 5.51. The number of piperidine rings is 1. The average Bonchev–Trinajstić information content (AvgIpc) is 2.77. The second-order valence-corrected chi connectivity index (χ2v) is 7.94.